The van der Waals surface area contributed by atoms with Gasteiger partial charge in [0.25, 0.3) is 0 Å². The molecule has 0 bridgehead atoms. The summed E-state index contributed by atoms with van der Waals surface area (Å²) in [6.45, 7) is 3.02. The first kappa shape index (κ1) is 18.0. The van der Waals surface area contributed by atoms with Gasteiger partial charge in [0.15, 0.2) is 11.6 Å². The van der Waals surface area contributed by atoms with Gasteiger partial charge in [0.05, 0.1) is 18.0 Å². The molecular weight excluding hydrogens is 304 g/mol. The van der Waals surface area contributed by atoms with Crippen molar-refractivity contribution in [3.8, 4) is 0 Å². The molecule has 0 fully saturated rings. The molecule has 0 amide bonds. The Morgan fingerprint density at radius 3 is 2.43 bits per heavy atom. The van der Waals surface area contributed by atoms with Crippen LogP contribution in [0.4, 0.5) is 8.78 Å². The highest BCUT2D eigenvalue weighted by atomic mass is 32.2. The van der Waals surface area contributed by atoms with Gasteiger partial charge in [-0.05, 0) is 31.5 Å². The van der Waals surface area contributed by atoms with Crippen molar-refractivity contribution >= 4 is 10.0 Å². The number of methoxy groups -OCH3 is 1. The van der Waals surface area contributed by atoms with E-state index >= 15 is 0 Å². The van der Waals surface area contributed by atoms with E-state index in [9.17, 15) is 22.3 Å². The normalized spacial score (nSPS) is 16.5. The third-order valence-electron chi connectivity index (χ3n) is 2.98. The average molecular weight is 323 g/mol. The lowest BCUT2D eigenvalue weighted by Gasteiger charge is -2.21. The molecule has 0 aliphatic heterocycles. The smallest absolute Gasteiger partial charge is 0.214 e. The second kappa shape index (κ2) is 7.26. The largest absolute Gasteiger partial charge is 0.387 e. The molecule has 0 aliphatic rings. The minimum Gasteiger partial charge on any atom is -0.387 e. The monoisotopic (exact) mass is 323 g/mol. The van der Waals surface area contributed by atoms with E-state index in [2.05, 4.69) is 4.72 Å². The third kappa shape index (κ3) is 5.31. The van der Waals surface area contributed by atoms with Crippen LogP contribution in [-0.4, -0.2) is 38.5 Å². The van der Waals surface area contributed by atoms with Gasteiger partial charge < -0.3 is 9.84 Å². The SMILES string of the molecule is CO[C@H](C)CS(=O)(=O)N[C@@H](C)[C@@H](O)c1ccc(F)c(F)c1. The molecule has 0 heterocycles. The fourth-order valence-corrected chi connectivity index (χ4v) is 3.30. The van der Waals surface area contributed by atoms with Gasteiger partial charge in [0.2, 0.25) is 10.0 Å². The Morgan fingerprint density at radius 2 is 1.90 bits per heavy atom. The van der Waals surface area contributed by atoms with Crippen LogP contribution in [0.1, 0.15) is 25.5 Å². The number of ether oxygens (including phenoxy) is 1. The summed E-state index contributed by atoms with van der Waals surface area (Å²) < 4.78 is 56.8. The number of benzene rings is 1. The number of aliphatic hydroxyl groups excluding tert-OH is 1. The Morgan fingerprint density at radius 1 is 1.29 bits per heavy atom. The lowest BCUT2D eigenvalue weighted by Crippen LogP contribution is -2.40. The van der Waals surface area contributed by atoms with Crippen molar-refractivity contribution in [1.82, 2.24) is 4.72 Å². The summed E-state index contributed by atoms with van der Waals surface area (Å²) in [7, 11) is -2.28. The van der Waals surface area contributed by atoms with Gasteiger partial charge in [0.1, 0.15) is 0 Å². The van der Waals surface area contributed by atoms with Gasteiger partial charge in [-0.15, -0.1) is 0 Å². The van der Waals surface area contributed by atoms with Crippen molar-refractivity contribution in [2.75, 3.05) is 12.9 Å². The zero-order valence-electron chi connectivity index (χ0n) is 12.0. The summed E-state index contributed by atoms with van der Waals surface area (Å²) in [4.78, 5) is 0. The highest BCUT2D eigenvalue weighted by Gasteiger charge is 2.24. The lowest BCUT2D eigenvalue weighted by molar-refractivity contribution is 0.133. The molecule has 0 aromatic heterocycles. The topological polar surface area (TPSA) is 75.6 Å². The fraction of sp³-hybridized carbons (Fsp3) is 0.538. The van der Waals surface area contributed by atoms with Crippen LogP contribution < -0.4 is 4.72 Å². The molecule has 3 atom stereocenters. The third-order valence-corrected chi connectivity index (χ3v) is 4.62. The van der Waals surface area contributed by atoms with Crippen LogP contribution in [0.3, 0.4) is 0 Å². The fourth-order valence-electron chi connectivity index (χ4n) is 1.76. The molecule has 21 heavy (non-hydrogen) atoms. The number of nitrogens with one attached hydrogen (secondary N) is 1. The predicted molar refractivity (Wildman–Crippen MR) is 74.2 cm³/mol. The zero-order valence-corrected chi connectivity index (χ0v) is 12.8. The summed E-state index contributed by atoms with van der Waals surface area (Å²) in [5, 5.41) is 10.0. The lowest BCUT2D eigenvalue weighted by atomic mass is 10.0. The van der Waals surface area contributed by atoms with Gasteiger partial charge in [-0.1, -0.05) is 6.07 Å². The quantitative estimate of drug-likeness (QED) is 0.794. The molecule has 8 heteroatoms. The molecular formula is C13H19F2NO4S. The van der Waals surface area contributed by atoms with Crippen LogP contribution in [0.15, 0.2) is 18.2 Å². The summed E-state index contributed by atoms with van der Waals surface area (Å²) >= 11 is 0. The zero-order chi connectivity index (χ0) is 16.2. The number of hydrogen-bond acceptors (Lipinski definition) is 4. The maximum absolute atomic E-state index is 13.1. The summed E-state index contributed by atoms with van der Waals surface area (Å²) in [6.07, 6.45) is -1.80. The number of sulfonamides is 1. The van der Waals surface area contributed by atoms with Gasteiger partial charge in [-0.2, -0.15) is 0 Å². The molecule has 5 nitrogen and oxygen atoms in total. The van der Waals surface area contributed by atoms with E-state index in [0.29, 0.717) is 0 Å². The molecule has 2 N–H and O–H groups in total. The minimum atomic E-state index is -3.67. The van der Waals surface area contributed by atoms with E-state index < -0.39 is 39.9 Å². The maximum atomic E-state index is 13.1. The number of hydrogen-bond donors (Lipinski definition) is 2. The Labute approximate surface area is 123 Å². The van der Waals surface area contributed by atoms with Crippen LogP contribution in [0, 0.1) is 11.6 Å². The maximum Gasteiger partial charge on any atom is 0.214 e. The highest BCUT2D eigenvalue weighted by molar-refractivity contribution is 7.89. The number of halogens is 2. The van der Waals surface area contributed by atoms with Crippen molar-refractivity contribution in [3.05, 3.63) is 35.4 Å². The van der Waals surface area contributed by atoms with Crippen molar-refractivity contribution in [2.24, 2.45) is 0 Å². The van der Waals surface area contributed by atoms with Gasteiger partial charge in [-0.25, -0.2) is 21.9 Å². The molecule has 0 aliphatic carbocycles. The molecule has 0 radical (unpaired) electrons. The van der Waals surface area contributed by atoms with Crippen molar-refractivity contribution in [3.63, 3.8) is 0 Å². The molecule has 120 valence electrons. The van der Waals surface area contributed by atoms with E-state index in [1.165, 1.54) is 20.1 Å². The molecule has 1 aromatic rings. The Kier molecular flexibility index (Phi) is 6.21. The highest BCUT2D eigenvalue weighted by Crippen LogP contribution is 2.19. The first-order chi connectivity index (χ1) is 9.66. The van der Waals surface area contributed by atoms with Crippen molar-refractivity contribution in [2.45, 2.75) is 32.1 Å². The van der Waals surface area contributed by atoms with Crippen LogP contribution in [0.5, 0.6) is 0 Å². The average Bonchev–Trinajstić information content (AvgIpc) is 2.39. The molecule has 0 saturated heterocycles. The van der Waals surface area contributed by atoms with Crippen molar-refractivity contribution < 1.29 is 27.0 Å². The van der Waals surface area contributed by atoms with E-state index in [1.54, 1.807) is 6.92 Å². The van der Waals surface area contributed by atoms with E-state index in [1.807, 2.05) is 0 Å². The van der Waals surface area contributed by atoms with Gasteiger partial charge in [0, 0.05) is 13.2 Å². The summed E-state index contributed by atoms with van der Waals surface area (Å²) in [5.41, 5.74) is 0.0869. The van der Waals surface area contributed by atoms with Crippen molar-refractivity contribution in [1.29, 1.82) is 0 Å². The second-order valence-corrected chi connectivity index (χ2v) is 6.65. The number of rotatable bonds is 7. The first-order valence-corrected chi connectivity index (χ1v) is 7.97. The molecule has 0 saturated carbocycles. The molecule has 0 unspecified atom stereocenters. The first-order valence-electron chi connectivity index (χ1n) is 6.32. The van der Waals surface area contributed by atoms with E-state index in [-0.39, 0.29) is 11.3 Å². The van der Waals surface area contributed by atoms with Crippen LogP contribution in [0.2, 0.25) is 0 Å². The van der Waals surface area contributed by atoms with Crippen LogP contribution in [-0.2, 0) is 14.8 Å². The molecule has 1 aromatic carbocycles. The minimum absolute atomic E-state index is 0.0869. The Hall–Kier alpha value is -1.09. The molecule has 0 spiro atoms. The van der Waals surface area contributed by atoms with Gasteiger partial charge >= 0.3 is 0 Å². The predicted octanol–water partition coefficient (Wildman–Crippen LogP) is 1.34. The van der Waals surface area contributed by atoms with Crippen LogP contribution in [0.25, 0.3) is 0 Å². The van der Waals surface area contributed by atoms with E-state index in [4.69, 9.17) is 4.74 Å². The van der Waals surface area contributed by atoms with Gasteiger partial charge in [-0.3, -0.25) is 0 Å². The van der Waals surface area contributed by atoms with E-state index in [0.717, 1.165) is 12.1 Å². The Bertz CT molecular complexity index is 580. The van der Waals surface area contributed by atoms with Crippen LogP contribution >= 0.6 is 0 Å². The number of aliphatic hydroxyl groups is 1. The summed E-state index contributed by atoms with van der Waals surface area (Å²) in [5.74, 6) is -2.40. The Balaban J connectivity index is 2.78. The second-order valence-electron chi connectivity index (χ2n) is 4.85. The standard InChI is InChI=1S/C13H19F2NO4S/c1-8(20-3)7-21(18,19)16-9(2)13(17)10-4-5-11(14)12(15)6-10/h4-6,8-9,13,16-17H,7H2,1-3H3/t8-,9+,13-/m1/s1. The molecule has 1 rings (SSSR count). The summed E-state index contributed by atoms with van der Waals surface area (Å²) in [6, 6.07) is 2.01.